The van der Waals surface area contributed by atoms with E-state index in [1.807, 2.05) is 13.8 Å². The molecule has 0 fully saturated rings. The lowest BCUT2D eigenvalue weighted by Crippen LogP contribution is -2.49. The minimum atomic E-state index is -1.23. The number of carbonyl (C=O) groups excluding carboxylic acids is 2. The molecule has 4 rings (SSSR count). The number of aryl methyl sites for hydroxylation is 4. The highest BCUT2D eigenvalue weighted by Crippen LogP contribution is 2.34. The van der Waals surface area contributed by atoms with Crippen LogP contribution in [0.25, 0.3) is 11.1 Å². The molecular formula is C34H42F2N4O4. The van der Waals surface area contributed by atoms with Crippen LogP contribution in [0, 0.1) is 44.2 Å². The maximum Gasteiger partial charge on any atom is 0.342 e. The second-order valence-electron chi connectivity index (χ2n) is 12.5. The number of amides is 2. The second-order valence-corrected chi connectivity index (χ2v) is 12.5. The van der Waals surface area contributed by atoms with Crippen molar-refractivity contribution in [3.63, 3.8) is 0 Å². The average molecular weight is 609 g/mol. The van der Waals surface area contributed by atoms with E-state index in [4.69, 9.17) is 0 Å². The number of nitrogens with one attached hydrogen (secondary N) is 2. The number of carboxylic acid groups (broad SMARTS) is 1. The monoisotopic (exact) mass is 608 g/mol. The van der Waals surface area contributed by atoms with Crippen LogP contribution in [0.2, 0.25) is 0 Å². The Morgan fingerprint density at radius 1 is 1.05 bits per heavy atom. The van der Waals surface area contributed by atoms with Crippen molar-refractivity contribution in [2.45, 2.75) is 92.2 Å². The summed E-state index contributed by atoms with van der Waals surface area (Å²) in [6.45, 7) is 11.0. The van der Waals surface area contributed by atoms with Crippen LogP contribution in [0.15, 0.2) is 30.5 Å². The van der Waals surface area contributed by atoms with Crippen LogP contribution >= 0.6 is 0 Å². The van der Waals surface area contributed by atoms with Crippen molar-refractivity contribution < 1.29 is 28.3 Å². The molecule has 44 heavy (non-hydrogen) atoms. The minimum Gasteiger partial charge on any atom is -0.481 e. The third kappa shape index (κ3) is 7.52. The molecule has 0 saturated heterocycles. The van der Waals surface area contributed by atoms with E-state index in [2.05, 4.69) is 22.7 Å². The van der Waals surface area contributed by atoms with Crippen molar-refractivity contribution in [3.05, 3.63) is 75.6 Å². The van der Waals surface area contributed by atoms with Crippen molar-refractivity contribution in [1.82, 2.24) is 20.4 Å². The first-order valence-electron chi connectivity index (χ1n) is 15.2. The Balaban J connectivity index is 1.63. The fourth-order valence-electron chi connectivity index (χ4n) is 6.18. The Bertz CT molecular complexity index is 1540. The first kappa shape index (κ1) is 32.8. The van der Waals surface area contributed by atoms with E-state index >= 15 is 4.39 Å². The molecule has 1 heterocycles. The van der Waals surface area contributed by atoms with E-state index in [0.717, 1.165) is 36.9 Å². The van der Waals surface area contributed by atoms with Gasteiger partial charge in [-0.3, -0.25) is 9.59 Å². The lowest BCUT2D eigenvalue weighted by molar-refractivity contribution is -0.137. The van der Waals surface area contributed by atoms with Gasteiger partial charge in [0.1, 0.15) is 17.7 Å². The first-order valence-corrected chi connectivity index (χ1v) is 15.2. The fourth-order valence-corrected chi connectivity index (χ4v) is 6.18. The van der Waals surface area contributed by atoms with Gasteiger partial charge in [0.05, 0.1) is 18.2 Å². The predicted molar refractivity (Wildman–Crippen MR) is 164 cm³/mol. The van der Waals surface area contributed by atoms with Crippen LogP contribution in [0.4, 0.5) is 13.6 Å². The third-order valence-electron chi connectivity index (χ3n) is 8.43. The number of carbonyl (C=O) groups is 3. The summed E-state index contributed by atoms with van der Waals surface area (Å²) < 4.78 is 30.9. The highest BCUT2D eigenvalue weighted by atomic mass is 19.1. The predicted octanol–water partition coefficient (Wildman–Crippen LogP) is 6.57. The highest BCUT2D eigenvalue weighted by molar-refractivity contribution is 5.88. The van der Waals surface area contributed by atoms with Gasteiger partial charge in [-0.1, -0.05) is 27.2 Å². The van der Waals surface area contributed by atoms with Crippen molar-refractivity contribution >= 4 is 17.9 Å². The Morgan fingerprint density at radius 3 is 2.34 bits per heavy atom. The summed E-state index contributed by atoms with van der Waals surface area (Å²) in [5.41, 5.74) is 4.73. The number of carboxylic acids is 1. The Labute approximate surface area is 257 Å². The summed E-state index contributed by atoms with van der Waals surface area (Å²) in [5, 5.41) is 19.7. The lowest BCUT2D eigenvalue weighted by Gasteiger charge is -2.25. The van der Waals surface area contributed by atoms with Gasteiger partial charge in [-0.2, -0.15) is 9.78 Å². The zero-order chi connectivity index (χ0) is 32.3. The van der Waals surface area contributed by atoms with Gasteiger partial charge in [0.15, 0.2) is 0 Å². The smallest absolute Gasteiger partial charge is 0.342 e. The van der Waals surface area contributed by atoms with E-state index in [0.29, 0.717) is 28.2 Å². The fraction of sp³-hybridized carbons (Fsp3) is 0.471. The molecule has 2 amide bonds. The van der Waals surface area contributed by atoms with Crippen LogP contribution in [-0.4, -0.2) is 38.8 Å². The van der Waals surface area contributed by atoms with Gasteiger partial charge >= 0.3 is 12.0 Å². The van der Waals surface area contributed by atoms with Crippen molar-refractivity contribution in [1.29, 1.82) is 0 Å². The SMILES string of the molecule is CCC1CCc2cn(C(=O)N[C@@H](CC(C)C)C(=O)N[C@@H](CC(=O)O)c3cc(-c4c(C)cc(F)cc4C)cc(C)c3F)nc2C1. The number of aliphatic carboxylic acids is 1. The summed E-state index contributed by atoms with van der Waals surface area (Å²) in [5.74, 6) is -2.36. The molecule has 0 bridgehead atoms. The van der Waals surface area contributed by atoms with Gasteiger partial charge in [-0.05, 0) is 116 Å². The van der Waals surface area contributed by atoms with Crippen LogP contribution in [0.1, 0.15) is 86.0 Å². The van der Waals surface area contributed by atoms with E-state index in [-0.39, 0.29) is 23.5 Å². The van der Waals surface area contributed by atoms with Gasteiger partial charge < -0.3 is 15.7 Å². The molecular weight excluding hydrogens is 566 g/mol. The van der Waals surface area contributed by atoms with Gasteiger partial charge in [0.2, 0.25) is 5.91 Å². The topological polar surface area (TPSA) is 113 Å². The molecule has 0 radical (unpaired) electrons. The maximum atomic E-state index is 15.6. The molecule has 8 nitrogen and oxygen atoms in total. The number of rotatable bonds is 10. The summed E-state index contributed by atoms with van der Waals surface area (Å²) in [7, 11) is 0. The highest BCUT2D eigenvalue weighted by Gasteiger charge is 2.30. The normalized spacial score (nSPS) is 15.9. The maximum absolute atomic E-state index is 15.6. The molecule has 1 aliphatic rings. The summed E-state index contributed by atoms with van der Waals surface area (Å²) in [4.78, 5) is 38.8. The van der Waals surface area contributed by atoms with Crippen molar-refractivity contribution in [3.8, 4) is 11.1 Å². The van der Waals surface area contributed by atoms with Gasteiger partial charge in [0.25, 0.3) is 0 Å². The molecule has 0 saturated carbocycles. The molecule has 3 N–H and O–H groups in total. The van der Waals surface area contributed by atoms with Crippen LogP contribution < -0.4 is 10.6 Å². The molecule has 0 aliphatic heterocycles. The van der Waals surface area contributed by atoms with Crippen LogP contribution in [0.5, 0.6) is 0 Å². The zero-order valence-corrected chi connectivity index (χ0v) is 26.3. The van der Waals surface area contributed by atoms with E-state index in [1.54, 1.807) is 33.0 Å². The number of hydrogen-bond donors (Lipinski definition) is 3. The molecule has 1 aromatic heterocycles. The number of nitrogens with zero attached hydrogens (tertiary/aromatic N) is 2. The first-order chi connectivity index (χ1) is 20.8. The number of fused-ring (bicyclic) bond motifs is 1. The Kier molecular flexibility index (Phi) is 10.2. The van der Waals surface area contributed by atoms with Crippen LogP contribution in [-0.2, 0) is 22.4 Å². The van der Waals surface area contributed by atoms with Crippen molar-refractivity contribution in [2.75, 3.05) is 0 Å². The van der Waals surface area contributed by atoms with Gasteiger partial charge in [0, 0.05) is 11.8 Å². The standard InChI is InChI=1S/C34H42F2N4O4/c1-7-22-8-9-23-17-40(39-27(23)14-22)34(44)38-29(10-18(2)3)33(43)37-28(16-30(41)42)26-15-24(11-21(6)32(26)36)31-19(4)12-25(35)13-20(31)5/h11-13,15,17-18,22,28-29H,7-10,14,16H2,1-6H3,(H,37,43)(H,38,44)(H,41,42)/t22?,28-,29-/m0/s1. The summed E-state index contributed by atoms with van der Waals surface area (Å²) in [6.07, 6.45) is 5.12. The lowest BCUT2D eigenvalue weighted by atomic mass is 9.87. The van der Waals surface area contributed by atoms with Crippen molar-refractivity contribution in [2.24, 2.45) is 11.8 Å². The summed E-state index contributed by atoms with van der Waals surface area (Å²) >= 11 is 0. The molecule has 236 valence electrons. The molecule has 1 unspecified atom stereocenters. The number of benzene rings is 2. The van der Waals surface area contributed by atoms with E-state index in [9.17, 15) is 23.9 Å². The minimum absolute atomic E-state index is 0.00118. The quantitative estimate of drug-likeness (QED) is 0.241. The number of aromatic nitrogens is 2. The molecule has 2 aromatic carbocycles. The van der Waals surface area contributed by atoms with Gasteiger partial charge in [-0.25, -0.2) is 13.6 Å². The van der Waals surface area contributed by atoms with E-state index < -0.39 is 48.0 Å². The second kappa shape index (κ2) is 13.7. The molecule has 1 aliphatic carbocycles. The zero-order valence-electron chi connectivity index (χ0n) is 26.3. The van der Waals surface area contributed by atoms with Crippen LogP contribution in [0.3, 0.4) is 0 Å². The number of hydrogen-bond acceptors (Lipinski definition) is 4. The molecule has 3 aromatic rings. The Morgan fingerprint density at radius 2 is 1.73 bits per heavy atom. The largest absolute Gasteiger partial charge is 0.481 e. The molecule has 0 spiro atoms. The van der Waals surface area contributed by atoms with Gasteiger partial charge in [-0.15, -0.1) is 0 Å². The number of halogens is 2. The summed E-state index contributed by atoms with van der Waals surface area (Å²) in [6, 6.07) is 3.10. The molecule has 3 atom stereocenters. The third-order valence-corrected chi connectivity index (χ3v) is 8.43. The Hall–Kier alpha value is -4.08. The van der Waals surface area contributed by atoms with E-state index in [1.165, 1.54) is 22.9 Å². The molecule has 10 heteroatoms. The average Bonchev–Trinajstić information content (AvgIpc) is 3.36.